The third-order valence-corrected chi connectivity index (χ3v) is 3.34. The van der Waals surface area contributed by atoms with Crippen molar-refractivity contribution in [2.24, 2.45) is 0 Å². The minimum atomic E-state index is -0.613. The standard InChI is InChI=1S/C9H9ClFNO2S/c1-6(5-10)15-9-3-7(11)2-8(4-9)12(13)14/h2-4,6H,5H2,1H3. The Hall–Kier alpha value is -0.810. The van der Waals surface area contributed by atoms with E-state index in [1.165, 1.54) is 23.9 Å². The van der Waals surface area contributed by atoms with Gasteiger partial charge in [-0.05, 0) is 6.07 Å². The van der Waals surface area contributed by atoms with Crippen LogP contribution in [0.4, 0.5) is 10.1 Å². The molecule has 3 nitrogen and oxygen atoms in total. The number of benzene rings is 1. The zero-order chi connectivity index (χ0) is 11.4. The summed E-state index contributed by atoms with van der Waals surface area (Å²) >= 11 is 6.91. The fourth-order valence-corrected chi connectivity index (χ4v) is 2.07. The highest BCUT2D eigenvalue weighted by Crippen LogP contribution is 2.28. The lowest BCUT2D eigenvalue weighted by molar-refractivity contribution is -0.385. The van der Waals surface area contributed by atoms with Crippen molar-refractivity contribution in [3.05, 3.63) is 34.1 Å². The summed E-state index contributed by atoms with van der Waals surface area (Å²) in [5, 5.41) is 10.6. The van der Waals surface area contributed by atoms with Gasteiger partial charge >= 0.3 is 0 Å². The Kier molecular flexibility index (Phi) is 4.35. The summed E-state index contributed by atoms with van der Waals surface area (Å²) in [6.07, 6.45) is 0. The quantitative estimate of drug-likeness (QED) is 0.355. The molecular formula is C9H9ClFNO2S. The maximum atomic E-state index is 13.0. The number of rotatable bonds is 4. The van der Waals surface area contributed by atoms with E-state index in [-0.39, 0.29) is 10.9 Å². The van der Waals surface area contributed by atoms with E-state index in [4.69, 9.17) is 11.6 Å². The average Bonchev–Trinajstić information content (AvgIpc) is 2.16. The first-order valence-corrected chi connectivity index (χ1v) is 5.62. The van der Waals surface area contributed by atoms with Gasteiger partial charge in [-0.1, -0.05) is 6.92 Å². The zero-order valence-corrected chi connectivity index (χ0v) is 9.52. The second-order valence-electron chi connectivity index (χ2n) is 2.99. The molecule has 0 aliphatic rings. The van der Waals surface area contributed by atoms with Crippen LogP contribution in [0.5, 0.6) is 0 Å². The number of non-ortho nitro benzene ring substituents is 1. The summed E-state index contributed by atoms with van der Waals surface area (Å²) in [7, 11) is 0. The second-order valence-corrected chi connectivity index (χ2v) is 4.81. The number of nitrogens with zero attached hydrogens (tertiary/aromatic N) is 1. The van der Waals surface area contributed by atoms with Gasteiger partial charge in [-0.15, -0.1) is 23.4 Å². The molecule has 0 aliphatic heterocycles. The smallest absolute Gasteiger partial charge is 0.258 e. The SMILES string of the molecule is CC(CCl)Sc1cc(F)cc([N+](=O)[O-])c1. The van der Waals surface area contributed by atoms with Gasteiger partial charge in [0.15, 0.2) is 0 Å². The van der Waals surface area contributed by atoms with Crippen LogP contribution >= 0.6 is 23.4 Å². The minimum Gasteiger partial charge on any atom is -0.258 e. The van der Waals surface area contributed by atoms with E-state index < -0.39 is 10.7 Å². The van der Waals surface area contributed by atoms with Crippen LogP contribution in [0, 0.1) is 15.9 Å². The van der Waals surface area contributed by atoms with E-state index in [1.54, 1.807) is 0 Å². The summed E-state index contributed by atoms with van der Waals surface area (Å²) in [5.41, 5.74) is -0.237. The first-order chi connectivity index (χ1) is 7.02. The van der Waals surface area contributed by atoms with Crippen LogP contribution in [0.2, 0.25) is 0 Å². The molecule has 0 amide bonds. The van der Waals surface area contributed by atoms with Gasteiger partial charge in [0.1, 0.15) is 5.82 Å². The third kappa shape index (κ3) is 3.68. The summed E-state index contributed by atoms with van der Waals surface area (Å²) < 4.78 is 13.0. The molecule has 0 aromatic heterocycles. The molecule has 0 saturated carbocycles. The monoisotopic (exact) mass is 249 g/mol. The van der Waals surface area contributed by atoms with Crippen LogP contribution in [0.25, 0.3) is 0 Å². The van der Waals surface area contributed by atoms with Gasteiger partial charge in [-0.3, -0.25) is 10.1 Å². The summed E-state index contributed by atoms with van der Waals surface area (Å²) in [6, 6.07) is 3.51. The Morgan fingerprint density at radius 3 is 2.80 bits per heavy atom. The van der Waals surface area contributed by atoms with E-state index in [0.717, 1.165) is 6.07 Å². The molecule has 0 fully saturated rings. The number of hydrogen-bond donors (Lipinski definition) is 0. The predicted molar refractivity (Wildman–Crippen MR) is 59.1 cm³/mol. The Labute approximate surface area is 95.8 Å². The molecule has 6 heteroatoms. The summed E-state index contributed by atoms with van der Waals surface area (Å²) in [6.45, 7) is 1.87. The predicted octanol–water partition coefficient (Wildman–Crippen LogP) is 3.45. The summed E-state index contributed by atoms with van der Waals surface area (Å²) in [5.74, 6) is -0.192. The van der Waals surface area contributed by atoms with E-state index in [1.807, 2.05) is 6.92 Å². The van der Waals surface area contributed by atoms with Gasteiger partial charge in [-0.25, -0.2) is 4.39 Å². The topological polar surface area (TPSA) is 43.1 Å². The number of alkyl halides is 1. The minimum absolute atomic E-state index is 0.0908. The van der Waals surface area contributed by atoms with Crippen molar-refractivity contribution in [3.63, 3.8) is 0 Å². The molecule has 0 spiro atoms. The van der Waals surface area contributed by atoms with Crippen molar-refractivity contribution >= 4 is 29.1 Å². The van der Waals surface area contributed by atoms with Crippen molar-refractivity contribution in [3.8, 4) is 0 Å². The van der Waals surface area contributed by atoms with Crippen molar-refractivity contribution in [2.75, 3.05) is 5.88 Å². The molecule has 0 radical (unpaired) electrons. The first kappa shape index (κ1) is 12.3. The van der Waals surface area contributed by atoms with Crippen LogP contribution in [0.1, 0.15) is 6.92 Å². The number of halogens is 2. The molecule has 0 saturated heterocycles. The van der Waals surface area contributed by atoms with E-state index in [9.17, 15) is 14.5 Å². The van der Waals surface area contributed by atoms with Gasteiger partial charge in [0.25, 0.3) is 5.69 Å². The first-order valence-electron chi connectivity index (χ1n) is 4.20. The van der Waals surface area contributed by atoms with Gasteiger partial charge in [0.2, 0.25) is 0 Å². The van der Waals surface area contributed by atoms with Crippen LogP contribution in [0.15, 0.2) is 23.1 Å². The molecule has 0 N–H and O–H groups in total. The number of hydrogen-bond acceptors (Lipinski definition) is 3. The van der Waals surface area contributed by atoms with Gasteiger partial charge < -0.3 is 0 Å². The molecule has 15 heavy (non-hydrogen) atoms. The number of thioether (sulfide) groups is 1. The maximum Gasteiger partial charge on any atom is 0.273 e. The van der Waals surface area contributed by atoms with E-state index >= 15 is 0 Å². The van der Waals surface area contributed by atoms with Crippen molar-refractivity contribution in [1.82, 2.24) is 0 Å². The van der Waals surface area contributed by atoms with Gasteiger partial charge in [0.05, 0.1) is 11.0 Å². The summed E-state index contributed by atoms with van der Waals surface area (Å²) in [4.78, 5) is 10.4. The molecule has 1 atom stereocenters. The Morgan fingerprint density at radius 2 is 2.27 bits per heavy atom. The molecule has 0 heterocycles. The van der Waals surface area contributed by atoms with Crippen LogP contribution in [-0.2, 0) is 0 Å². The fourth-order valence-electron chi connectivity index (χ4n) is 0.985. The highest BCUT2D eigenvalue weighted by atomic mass is 35.5. The highest BCUT2D eigenvalue weighted by molar-refractivity contribution is 8.00. The van der Waals surface area contributed by atoms with Crippen molar-refractivity contribution in [1.29, 1.82) is 0 Å². The van der Waals surface area contributed by atoms with Gasteiger partial charge in [-0.2, -0.15) is 0 Å². The molecule has 1 unspecified atom stereocenters. The van der Waals surface area contributed by atoms with Crippen molar-refractivity contribution < 1.29 is 9.31 Å². The lowest BCUT2D eigenvalue weighted by Gasteiger charge is -2.06. The average molecular weight is 250 g/mol. The van der Waals surface area contributed by atoms with E-state index in [0.29, 0.717) is 10.8 Å². The van der Waals surface area contributed by atoms with Gasteiger partial charge in [0, 0.05) is 22.1 Å². The number of nitro benzene ring substituents is 1. The molecule has 0 aliphatic carbocycles. The number of nitro groups is 1. The normalized spacial score (nSPS) is 12.5. The second kappa shape index (κ2) is 5.32. The molecule has 1 aromatic rings. The Bertz CT molecular complexity index is 375. The molecule has 82 valence electrons. The lowest BCUT2D eigenvalue weighted by atomic mass is 10.3. The van der Waals surface area contributed by atoms with Crippen LogP contribution < -0.4 is 0 Å². The zero-order valence-electron chi connectivity index (χ0n) is 7.94. The fraction of sp³-hybridized carbons (Fsp3) is 0.333. The van der Waals surface area contributed by atoms with Crippen LogP contribution in [0.3, 0.4) is 0 Å². The molecule has 0 bridgehead atoms. The van der Waals surface area contributed by atoms with E-state index in [2.05, 4.69) is 0 Å². The molecule has 1 rings (SSSR count). The largest absolute Gasteiger partial charge is 0.273 e. The third-order valence-electron chi connectivity index (χ3n) is 1.62. The molecular weight excluding hydrogens is 241 g/mol. The Morgan fingerprint density at radius 1 is 1.60 bits per heavy atom. The highest BCUT2D eigenvalue weighted by Gasteiger charge is 2.11. The molecule has 1 aromatic carbocycles. The maximum absolute atomic E-state index is 13.0. The Balaban J connectivity index is 2.93. The van der Waals surface area contributed by atoms with Crippen LogP contribution in [-0.4, -0.2) is 16.1 Å². The van der Waals surface area contributed by atoms with Crippen molar-refractivity contribution in [2.45, 2.75) is 17.1 Å². The lowest BCUT2D eigenvalue weighted by Crippen LogP contribution is -1.97.